The van der Waals surface area contributed by atoms with Crippen LogP contribution in [0.2, 0.25) is 5.02 Å². The van der Waals surface area contributed by atoms with E-state index in [4.69, 9.17) is 11.6 Å². The number of hydrogen-bond acceptors (Lipinski definition) is 3. The molecule has 2 amide bonds. The molecular formula is C23H28ClFN2O2S. The second kappa shape index (κ2) is 12.0. The second-order valence-corrected chi connectivity index (χ2v) is 8.71. The monoisotopic (exact) mass is 450 g/mol. The van der Waals surface area contributed by atoms with Crippen molar-refractivity contribution in [3.8, 4) is 0 Å². The zero-order chi connectivity index (χ0) is 22.1. The number of hydrogen-bond donors (Lipinski definition) is 1. The molecule has 7 heteroatoms. The molecule has 0 aliphatic heterocycles. The van der Waals surface area contributed by atoms with Crippen LogP contribution in [0.3, 0.4) is 0 Å². The average molecular weight is 451 g/mol. The van der Waals surface area contributed by atoms with Gasteiger partial charge < -0.3 is 10.2 Å². The number of carbonyl (C=O) groups is 2. The van der Waals surface area contributed by atoms with Crippen molar-refractivity contribution in [3.05, 3.63) is 70.5 Å². The highest BCUT2D eigenvalue weighted by Crippen LogP contribution is 2.22. The van der Waals surface area contributed by atoms with E-state index in [0.29, 0.717) is 17.2 Å². The Morgan fingerprint density at radius 2 is 1.80 bits per heavy atom. The predicted octanol–water partition coefficient (Wildman–Crippen LogP) is 5.04. The van der Waals surface area contributed by atoms with Crippen LogP contribution in [-0.2, 0) is 21.9 Å². The van der Waals surface area contributed by atoms with Gasteiger partial charge in [0.05, 0.1) is 5.75 Å². The molecule has 1 atom stereocenters. The molecule has 0 bridgehead atoms. The molecule has 0 radical (unpaired) electrons. The highest BCUT2D eigenvalue weighted by molar-refractivity contribution is 7.99. The summed E-state index contributed by atoms with van der Waals surface area (Å²) in [5.74, 6) is 0.167. The molecule has 162 valence electrons. The number of rotatable bonds is 10. The molecule has 0 aliphatic carbocycles. The molecule has 2 aromatic carbocycles. The third-order valence-corrected chi connectivity index (χ3v) is 5.86. The lowest BCUT2D eigenvalue weighted by Gasteiger charge is -2.31. The van der Waals surface area contributed by atoms with Gasteiger partial charge in [-0.3, -0.25) is 9.59 Å². The maximum Gasteiger partial charge on any atom is 0.243 e. The van der Waals surface area contributed by atoms with Crippen molar-refractivity contribution in [3.63, 3.8) is 0 Å². The van der Waals surface area contributed by atoms with Crippen molar-refractivity contribution in [2.24, 2.45) is 0 Å². The zero-order valence-corrected chi connectivity index (χ0v) is 19.1. The number of nitrogens with one attached hydrogen (secondary N) is 1. The Bertz CT molecular complexity index is 845. The Labute approximate surface area is 187 Å². The quantitative estimate of drug-likeness (QED) is 0.551. The number of halogens is 2. The van der Waals surface area contributed by atoms with Gasteiger partial charge in [-0.25, -0.2) is 4.39 Å². The maximum atomic E-state index is 13.3. The van der Waals surface area contributed by atoms with Gasteiger partial charge in [0.1, 0.15) is 11.9 Å². The average Bonchev–Trinajstić information content (AvgIpc) is 2.70. The van der Waals surface area contributed by atoms with Gasteiger partial charge in [0.25, 0.3) is 0 Å². The minimum absolute atomic E-state index is 0.0241. The van der Waals surface area contributed by atoms with Gasteiger partial charge in [-0.2, -0.15) is 0 Å². The molecule has 2 aromatic rings. The van der Waals surface area contributed by atoms with Gasteiger partial charge in [-0.05, 0) is 49.6 Å². The number of amides is 2. The molecule has 4 nitrogen and oxygen atoms in total. The minimum atomic E-state index is -0.592. The SMILES string of the molecule is CC[C@H](C(=O)NC(C)C)N(Cc1ccc(F)cc1)C(=O)CSCc1ccccc1Cl. The highest BCUT2D eigenvalue weighted by atomic mass is 35.5. The Hall–Kier alpha value is -2.05. The fraction of sp³-hybridized carbons (Fsp3) is 0.391. The standard InChI is InChI=1S/C23H28ClFN2O2S/c1-4-21(23(29)26-16(2)3)27(13-17-9-11-19(25)12-10-17)22(28)15-30-14-18-7-5-6-8-20(18)24/h5-12,16,21H,4,13-15H2,1-3H3,(H,26,29)/t21-/m1/s1. The first-order valence-corrected chi connectivity index (χ1v) is 11.5. The van der Waals surface area contributed by atoms with Crippen molar-refractivity contribution in [1.29, 1.82) is 0 Å². The summed E-state index contributed by atoms with van der Waals surface area (Å²) in [6.07, 6.45) is 0.487. The van der Waals surface area contributed by atoms with Gasteiger partial charge in [0.15, 0.2) is 0 Å². The predicted molar refractivity (Wildman–Crippen MR) is 122 cm³/mol. The summed E-state index contributed by atoms with van der Waals surface area (Å²) < 4.78 is 13.3. The zero-order valence-electron chi connectivity index (χ0n) is 17.5. The van der Waals surface area contributed by atoms with Gasteiger partial charge in [0, 0.05) is 23.4 Å². The molecular weight excluding hydrogens is 423 g/mol. The van der Waals surface area contributed by atoms with Gasteiger partial charge in [-0.15, -0.1) is 11.8 Å². The second-order valence-electron chi connectivity index (χ2n) is 7.32. The molecule has 0 aliphatic rings. The van der Waals surface area contributed by atoms with Gasteiger partial charge >= 0.3 is 0 Å². The first kappa shape index (κ1) is 24.2. The molecule has 0 saturated heterocycles. The van der Waals surface area contributed by atoms with Crippen molar-refractivity contribution < 1.29 is 14.0 Å². The van der Waals surface area contributed by atoms with E-state index in [0.717, 1.165) is 11.1 Å². The third-order valence-electron chi connectivity index (χ3n) is 4.52. The number of carbonyl (C=O) groups excluding carboxylic acids is 2. The lowest BCUT2D eigenvalue weighted by molar-refractivity contribution is -0.139. The van der Waals surface area contributed by atoms with Crippen LogP contribution in [-0.4, -0.2) is 34.6 Å². The maximum absolute atomic E-state index is 13.3. The van der Waals surface area contributed by atoms with E-state index in [1.807, 2.05) is 45.0 Å². The lowest BCUT2D eigenvalue weighted by Crippen LogP contribution is -2.50. The van der Waals surface area contributed by atoms with Crippen LogP contribution < -0.4 is 5.32 Å². The van der Waals surface area contributed by atoms with Crippen molar-refractivity contribution >= 4 is 35.2 Å². The van der Waals surface area contributed by atoms with Crippen LogP contribution in [0.5, 0.6) is 0 Å². The molecule has 0 heterocycles. The van der Waals surface area contributed by atoms with E-state index >= 15 is 0 Å². The molecule has 0 fully saturated rings. The lowest BCUT2D eigenvalue weighted by atomic mass is 10.1. The molecule has 0 unspecified atom stereocenters. The number of nitrogens with zero attached hydrogens (tertiary/aromatic N) is 1. The summed E-state index contributed by atoms with van der Waals surface area (Å²) in [7, 11) is 0. The van der Waals surface area contributed by atoms with Gasteiger partial charge in [0.2, 0.25) is 11.8 Å². The third kappa shape index (κ3) is 7.33. The molecule has 1 N–H and O–H groups in total. The summed E-state index contributed by atoms with van der Waals surface area (Å²) in [5, 5.41) is 3.57. The Kier molecular flexibility index (Phi) is 9.66. The Morgan fingerprint density at radius 1 is 1.13 bits per heavy atom. The van der Waals surface area contributed by atoms with Crippen LogP contribution in [0.1, 0.15) is 38.3 Å². The Balaban J connectivity index is 2.13. The molecule has 0 aromatic heterocycles. The molecule has 0 spiro atoms. The van der Waals surface area contributed by atoms with Gasteiger partial charge in [-0.1, -0.05) is 48.9 Å². The largest absolute Gasteiger partial charge is 0.352 e. The van der Waals surface area contributed by atoms with E-state index in [2.05, 4.69) is 5.32 Å². The molecule has 30 heavy (non-hydrogen) atoms. The topological polar surface area (TPSA) is 49.4 Å². The summed E-state index contributed by atoms with van der Waals surface area (Å²) in [4.78, 5) is 27.4. The highest BCUT2D eigenvalue weighted by Gasteiger charge is 2.28. The molecule has 2 rings (SSSR count). The fourth-order valence-corrected chi connectivity index (χ4v) is 4.23. The van der Waals surface area contributed by atoms with Crippen LogP contribution in [0.4, 0.5) is 4.39 Å². The molecule has 0 saturated carbocycles. The summed E-state index contributed by atoms with van der Waals surface area (Å²) in [6, 6.07) is 12.9. The Morgan fingerprint density at radius 3 is 2.40 bits per heavy atom. The fourth-order valence-electron chi connectivity index (χ4n) is 3.03. The normalized spacial score (nSPS) is 11.9. The van der Waals surface area contributed by atoms with Crippen LogP contribution in [0.15, 0.2) is 48.5 Å². The van der Waals surface area contributed by atoms with Crippen molar-refractivity contribution in [2.75, 3.05) is 5.75 Å². The summed E-state index contributed by atoms with van der Waals surface area (Å²) >= 11 is 7.65. The summed E-state index contributed by atoms with van der Waals surface area (Å²) in [5.41, 5.74) is 1.74. The van der Waals surface area contributed by atoms with Crippen LogP contribution >= 0.6 is 23.4 Å². The van der Waals surface area contributed by atoms with E-state index in [1.54, 1.807) is 17.0 Å². The van der Waals surface area contributed by atoms with E-state index in [9.17, 15) is 14.0 Å². The number of benzene rings is 2. The van der Waals surface area contributed by atoms with Crippen molar-refractivity contribution in [1.82, 2.24) is 10.2 Å². The van der Waals surface area contributed by atoms with Crippen LogP contribution in [0, 0.1) is 5.82 Å². The smallest absolute Gasteiger partial charge is 0.243 e. The summed E-state index contributed by atoms with van der Waals surface area (Å²) in [6.45, 7) is 5.90. The number of thioether (sulfide) groups is 1. The first-order chi connectivity index (χ1) is 14.3. The first-order valence-electron chi connectivity index (χ1n) is 9.97. The van der Waals surface area contributed by atoms with Crippen LogP contribution in [0.25, 0.3) is 0 Å². The van der Waals surface area contributed by atoms with Crippen molar-refractivity contribution in [2.45, 2.75) is 51.6 Å². The van der Waals surface area contributed by atoms with E-state index in [1.165, 1.54) is 23.9 Å². The van der Waals surface area contributed by atoms with E-state index < -0.39 is 6.04 Å². The minimum Gasteiger partial charge on any atom is -0.352 e. The van der Waals surface area contributed by atoms with E-state index in [-0.39, 0.29) is 36.0 Å².